The third kappa shape index (κ3) is 3.19. The van der Waals surface area contributed by atoms with Crippen LogP contribution in [0.25, 0.3) is 0 Å². The zero-order valence-electron chi connectivity index (χ0n) is 9.74. The van der Waals surface area contributed by atoms with Crippen LogP contribution in [0.1, 0.15) is 16.3 Å². The van der Waals surface area contributed by atoms with Crippen molar-refractivity contribution in [1.29, 1.82) is 0 Å². The Balaban J connectivity index is 2.06. The monoisotopic (exact) mass is 297 g/mol. The fourth-order valence-electron chi connectivity index (χ4n) is 1.51. The highest BCUT2D eigenvalue weighted by Crippen LogP contribution is 2.21. The number of nitrogens with one attached hydrogen (secondary N) is 1. The molecule has 0 saturated carbocycles. The van der Waals surface area contributed by atoms with Crippen molar-refractivity contribution in [1.82, 2.24) is 4.98 Å². The van der Waals surface area contributed by atoms with Crippen LogP contribution in [0.15, 0.2) is 23.6 Å². The van der Waals surface area contributed by atoms with Gasteiger partial charge >= 0.3 is 0 Å². The average molecular weight is 298 g/mol. The van der Waals surface area contributed by atoms with Gasteiger partial charge in [-0.15, -0.1) is 11.3 Å². The van der Waals surface area contributed by atoms with Gasteiger partial charge in [0.1, 0.15) is 4.99 Å². The first kappa shape index (κ1) is 13.3. The predicted octanol–water partition coefficient (Wildman–Crippen LogP) is 3.35. The van der Waals surface area contributed by atoms with E-state index in [2.05, 4.69) is 10.3 Å². The molecule has 3 nitrogen and oxygen atoms in total. The van der Waals surface area contributed by atoms with Crippen molar-refractivity contribution in [2.45, 2.75) is 13.5 Å². The Morgan fingerprint density at radius 1 is 1.56 bits per heavy atom. The third-order valence-corrected chi connectivity index (χ3v) is 3.73. The van der Waals surface area contributed by atoms with E-state index in [0.29, 0.717) is 22.1 Å². The van der Waals surface area contributed by atoms with Gasteiger partial charge in [0.2, 0.25) is 0 Å². The number of benzene rings is 1. The Morgan fingerprint density at radius 2 is 2.33 bits per heavy atom. The van der Waals surface area contributed by atoms with Gasteiger partial charge < -0.3 is 11.1 Å². The number of thiocarbonyl (C=S) groups is 1. The lowest BCUT2D eigenvalue weighted by atomic mass is 10.2. The van der Waals surface area contributed by atoms with Crippen LogP contribution in [0.5, 0.6) is 0 Å². The van der Waals surface area contributed by atoms with Crippen molar-refractivity contribution < 1.29 is 0 Å². The molecule has 0 atom stereocenters. The van der Waals surface area contributed by atoms with Gasteiger partial charge in [-0.1, -0.05) is 23.8 Å². The number of anilines is 1. The summed E-state index contributed by atoms with van der Waals surface area (Å²) < 4.78 is 0. The van der Waals surface area contributed by atoms with E-state index in [-0.39, 0.29) is 0 Å². The van der Waals surface area contributed by atoms with Crippen molar-refractivity contribution in [2.24, 2.45) is 5.73 Å². The largest absolute Gasteiger partial charge is 0.389 e. The maximum Gasteiger partial charge on any atom is 0.105 e. The van der Waals surface area contributed by atoms with Crippen LogP contribution in [0.3, 0.4) is 0 Å². The van der Waals surface area contributed by atoms with Gasteiger partial charge in [-0.05, 0) is 25.1 Å². The second kappa shape index (κ2) is 5.65. The Labute approximate surface area is 120 Å². The maximum absolute atomic E-state index is 6.09. The number of aromatic nitrogens is 1. The molecule has 0 saturated heterocycles. The zero-order valence-corrected chi connectivity index (χ0v) is 12.1. The number of aryl methyl sites for hydroxylation is 1. The summed E-state index contributed by atoms with van der Waals surface area (Å²) in [6.07, 6.45) is 0. The Kier molecular flexibility index (Phi) is 4.16. The van der Waals surface area contributed by atoms with Gasteiger partial charge in [-0.2, -0.15) is 0 Å². The molecule has 0 amide bonds. The summed E-state index contributed by atoms with van der Waals surface area (Å²) in [6, 6.07) is 5.54. The minimum absolute atomic E-state index is 0.307. The van der Waals surface area contributed by atoms with Gasteiger partial charge in [0.25, 0.3) is 0 Å². The molecule has 6 heteroatoms. The molecule has 0 spiro atoms. The molecule has 1 aromatic carbocycles. The molecule has 18 heavy (non-hydrogen) atoms. The quantitative estimate of drug-likeness (QED) is 0.850. The molecule has 0 radical (unpaired) electrons. The molecule has 0 unspecified atom stereocenters. The minimum Gasteiger partial charge on any atom is -0.389 e. The van der Waals surface area contributed by atoms with E-state index in [9.17, 15) is 0 Å². The Hall–Kier alpha value is -1.17. The highest BCUT2D eigenvalue weighted by Gasteiger charge is 2.04. The number of hydrogen-bond acceptors (Lipinski definition) is 4. The number of thiazole rings is 1. The highest BCUT2D eigenvalue weighted by molar-refractivity contribution is 7.80. The molecule has 94 valence electrons. The van der Waals surface area contributed by atoms with E-state index in [1.807, 2.05) is 30.5 Å². The average Bonchev–Trinajstić information content (AvgIpc) is 2.72. The van der Waals surface area contributed by atoms with E-state index in [1.54, 1.807) is 11.3 Å². The molecule has 0 aliphatic heterocycles. The molecule has 0 fully saturated rings. The van der Waals surface area contributed by atoms with Crippen LogP contribution in [0.2, 0.25) is 5.02 Å². The summed E-state index contributed by atoms with van der Waals surface area (Å²) in [7, 11) is 0. The zero-order chi connectivity index (χ0) is 13.1. The summed E-state index contributed by atoms with van der Waals surface area (Å²) >= 11 is 12.6. The predicted molar refractivity (Wildman–Crippen MR) is 81.5 cm³/mol. The summed E-state index contributed by atoms with van der Waals surface area (Å²) in [6.45, 7) is 2.66. The topological polar surface area (TPSA) is 50.9 Å². The highest BCUT2D eigenvalue weighted by atomic mass is 35.5. The van der Waals surface area contributed by atoms with E-state index >= 15 is 0 Å². The number of nitrogens with zero attached hydrogens (tertiary/aromatic N) is 1. The van der Waals surface area contributed by atoms with Gasteiger partial charge in [-0.3, -0.25) is 0 Å². The van der Waals surface area contributed by atoms with Crippen LogP contribution in [0, 0.1) is 6.92 Å². The first-order valence-electron chi connectivity index (χ1n) is 5.30. The molecule has 2 rings (SSSR count). The molecular weight excluding hydrogens is 286 g/mol. The van der Waals surface area contributed by atoms with Crippen LogP contribution < -0.4 is 11.1 Å². The molecule has 1 heterocycles. The Morgan fingerprint density at radius 3 is 2.89 bits per heavy atom. The summed E-state index contributed by atoms with van der Waals surface area (Å²) in [5.41, 5.74) is 8.19. The Bertz CT molecular complexity index is 580. The third-order valence-electron chi connectivity index (χ3n) is 2.37. The molecule has 0 aliphatic carbocycles. The van der Waals surface area contributed by atoms with Crippen molar-refractivity contribution in [3.63, 3.8) is 0 Å². The lowest BCUT2D eigenvalue weighted by Crippen LogP contribution is -2.10. The SMILES string of the molecule is Cc1nc(CNc2ccc(C(N)=S)c(Cl)c2)cs1. The number of nitrogens with two attached hydrogens (primary N) is 1. The number of rotatable bonds is 4. The van der Waals surface area contributed by atoms with Crippen molar-refractivity contribution >= 4 is 45.8 Å². The van der Waals surface area contributed by atoms with E-state index < -0.39 is 0 Å². The molecular formula is C12H12ClN3S2. The molecule has 2 aromatic rings. The van der Waals surface area contributed by atoms with Gasteiger partial charge in [0, 0.05) is 16.6 Å². The standard InChI is InChI=1S/C12H12ClN3S2/c1-7-16-9(6-18-7)5-15-8-2-3-10(12(14)17)11(13)4-8/h2-4,6,15H,5H2,1H3,(H2,14,17). The summed E-state index contributed by atoms with van der Waals surface area (Å²) in [4.78, 5) is 4.68. The van der Waals surface area contributed by atoms with E-state index in [0.717, 1.165) is 16.4 Å². The maximum atomic E-state index is 6.09. The van der Waals surface area contributed by atoms with Gasteiger partial charge in [0.15, 0.2) is 0 Å². The van der Waals surface area contributed by atoms with Crippen LogP contribution in [-0.2, 0) is 6.54 Å². The van der Waals surface area contributed by atoms with Crippen LogP contribution >= 0.6 is 35.2 Å². The van der Waals surface area contributed by atoms with Crippen molar-refractivity contribution in [3.05, 3.63) is 44.9 Å². The number of halogens is 1. The van der Waals surface area contributed by atoms with Crippen LogP contribution in [0.4, 0.5) is 5.69 Å². The number of hydrogen-bond donors (Lipinski definition) is 2. The summed E-state index contributed by atoms with van der Waals surface area (Å²) in [5, 5.41) is 6.91. The normalized spacial score (nSPS) is 10.3. The molecule has 0 aliphatic rings. The van der Waals surface area contributed by atoms with Crippen molar-refractivity contribution in [3.8, 4) is 0 Å². The second-order valence-corrected chi connectivity index (χ2v) is 5.68. The lowest BCUT2D eigenvalue weighted by molar-refractivity contribution is 1.05. The first-order valence-corrected chi connectivity index (χ1v) is 6.97. The fraction of sp³-hybridized carbons (Fsp3) is 0.167. The molecule has 1 aromatic heterocycles. The van der Waals surface area contributed by atoms with Gasteiger partial charge in [0.05, 0.1) is 22.3 Å². The lowest BCUT2D eigenvalue weighted by Gasteiger charge is -2.07. The smallest absolute Gasteiger partial charge is 0.105 e. The summed E-state index contributed by atoms with van der Waals surface area (Å²) in [5.74, 6) is 0. The van der Waals surface area contributed by atoms with Gasteiger partial charge in [-0.25, -0.2) is 4.98 Å². The second-order valence-electron chi connectivity index (χ2n) is 3.77. The van der Waals surface area contributed by atoms with Crippen molar-refractivity contribution in [2.75, 3.05) is 5.32 Å². The molecule has 0 bridgehead atoms. The minimum atomic E-state index is 0.307. The van der Waals surface area contributed by atoms with Crippen LogP contribution in [-0.4, -0.2) is 9.97 Å². The first-order chi connectivity index (χ1) is 8.56. The van der Waals surface area contributed by atoms with E-state index in [4.69, 9.17) is 29.6 Å². The fourth-order valence-corrected chi connectivity index (χ4v) is 2.64. The van der Waals surface area contributed by atoms with E-state index in [1.165, 1.54) is 0 Å². The molecule has 3 N–H and O–H groups in total.